The Labute approximate surface area is 112 Å². The molecule has 1 atom stereocenters. The van der Waals surface area contributed by atoms with Crippen LogP contribution in [0, 0.1) is 27.4 Å². The van der Waals surface area contributed by atoms with Crippen molar-refractivity contribution >= 4 is 11.5 Å². The molecule has 104 valence electrons. The average Bonchev–Trinajstić information content (AvgIpc) is 2.66. The molecule has 7 nitrogen and oxygen atoms in total. The number of aryl methyl sites for hydroxylation is 2. The maximum Gasteiger partial charge on any atom is 0.334 e. The monoisotopic (exact) mass is 265 g/mol. The molecule has 1 aromatic rings. The van der Waals surface area contributed by atoms with Gasteiger partial charge in [-0.25, -0.2) is 4.68 Å². The van der Waals surface area contributed by atoms with Gasteiger partial charge in [0, 0.05) is 20.6 Å². The zero-order chi connectivity index (χ0) is 14.6. The van der Waals surface area contributed by atoms with E-state index in [2.05, 4.69) is 11.2 Å². The van der Waals surface area contributed by atoms with E-state index in [9.17, 15) is 10.1 Å². The van der Waals surface area contributed by atoms with E-state index in [1.165, 1.54) is 4.68 Å². The van der Waals surface area contributed by atoms with Gasteiger partial charge in [-0.05, 0) is 13.3 Å². The summed E-state index contributed by atoms with van der Waals surface area (Å²) in [6.45, 7) is 4.17. The maximum atomic E-state index is 11.3. The summed E-state index contributed by atoms with van der Waals surface area (Å²) in [5, 5.41) is 24.3. The lowest BCUT2D eigenvalue weighted by Gasteiger charge is -2.19. The molecular weight excluding hydrogens is 246 g/mol. The summed E-state index contributed by atoms with van der Waals surface area (Å²) < 4.78 is 1.52. The van der Waals surface area contributed by atoms with Crippen LogP contribution in [0.5, 0.6) is 0 Å². The van der Waals surface area contributed by atoms with Crippen molar-refractivity contribution < 1.29 is 4.92 Å². The quantitative estimate of drug-likeness (QED) is 0.578. The zero-order valence-corrected chi connectivity index (χ0v) is 11.8. The average molecular weight is 265 g/mol. The first-order chi connectivity index (χ1) is 8.92. The van der Waals surface area contributed by atoms with E-state index in [4.69, 9.17) is 5.26 Å². The van der Waals surface area contributed by atoms with E-state index < -0.39 is 0 Å². The zero-order valence-electron chi connectivity index (χ0n) is 11.8. The third-order valence-electron chi connectivity index (χ3n) is 2.86. The van der Waals surface area contributed by atoms with Gasteiger partial charge in [0.15, 0.2) is 0 Å². The Morgan fingerprint density at radius 2 is 2.26 bits per heavy atom. The summed E-state index contributed by atoms with van der Waals surface area (Å²) in [7, 11) is 3.43. The van der Waals surface area contributed by atoms with Crippen LogP contribution in [-0.2, 0) is 13.5 Å². The van der Waals surface area contributed by atoms with Crippen LogP contribution in [-0.4, -0.2) is 28.3 Å². The van der Waals surface area contributed by atoms with Crippen molar-refractivity contribution in [1.29, 1.82) is 5.26 Å². The Bertz CT molecular complexity index is 503. The van der Waals surface area contributed by atoms with Crippen LogP contribution < -0.4 is 4.90 Å². The predicted molar refractivity (Wildman–Crippen MR) is 71.9 cm³/mol. The minimum atomic E-state index is -0.388. The van der Waals surface area contributed by atoms with E-state index in [0.717, 1.165) is 6.42 Å². The first-order valence-corrected chi connectivity index (χ1v) is 6.23. The molecule has 0 fully saturated rings. The highest BCUT2D eigenvalue weighted by Gasteiger charge is 2.28. The Hall–Kier alpha value is -2.10. The first-order valence-electron chi connectivity index (χ1n) is 6.23. The number of aromatic nitrogens is 2. The SMILES string of the molecule is CCCc1nn(C)c(N(C)CC(C)C#N)c1[N+](=O)[O-]. The number of rotatable bonds is 6. The van der Waals surface area contributed by atoms with Gasteiger partial charge in [-0.1, -0.05) is 13.3 Å². The lowest BCUT2D eigenvalue weighted by atomic mass is 10.2. The number of nitriles is 1. The van der Waals surface area contributed by atoms with Gasteiger partial charge in [0.1, 0.15) is 5.69 Å². The van der Waals surface area contributed by atoms with E-state index >= 15 is 0 Å². The number of nitrogens with zero attached hydrogens (tertiary/aromatic N) is 5. The molecule has 0 saturated carbocycles. The summed E-state index contributed by atoms with van der Waals surface area (Å²) >= 11 is 0. The molecule has 0 N–H and O–H groups in total. The van der Waals surface area contributed by atoms with Crippen LogP contribution in [0.1, 0.15) is 26.0 Å². The molecule has 0 aliphatic carbocycles. The molecular formula is C12H19N5O2. The molecule has 7 heteroatoms. The normalized spacial score (nSPS) is 11.9. The van der Waals surface area contributed by atoms with Gasteiger partial charge in [0.2, 0.25) is 5.82 Å². The molecule has 0 saturated heterocycles. The second kappa shape index (κ2) is 6.18. The van der Waals surface area contributed by atoms with Crippen molar-refractivity contribution in [2.24, 2.45) is 13.0 Å². The number of nitro groups is 1. The second-order valence-electron chi connectivity index (χ2n) is 4.66. The second-order valence-corrected chi connectivity index (χ2v) is 4.66. The summed E-state index contributed by atoms with van der Waals surface area (Å²) in [5.74, 6) is 0.254. The van der Waals surface area contributed by atoms with Gasteiger partial charge in [0.05, 0.1) is 16.9 Å². The molecule has 0 aliphatic heterocycles. The van der Waals surface area contributed by atoms with Gasteiger partial charge in [0.25, 0.3) is 0 Å². The van der Waals surface area contributed by atoms with Crippen molar-refractivity contribution in [3.05, 3.63) is 15.8 Å². The van der Waals surface area contributed by atoms with Crippen LogP contribution in [0.2, 0.25) is 0 Å². The lowest BCUT2D eigenvalue weighted by Crippen LogP contribution is -2.26. The Balaban J connectivity index is 3.19. The molecule has 0 aliphatic rings. The molecule has 0 bridgehead atoms. The topological polar surface area (TPSA) is 88.0 Å². The lowest BCUT2D eigenvalue weighted by molar-refractivity contribution is -0.384. The maximum absolute atomic E-state index is 11.3. The van der Waals surface area contributed by atoms with Crippen molar-refractivity contribution in [3.8, 4) is 6.07 Å². The highest BCUT2D eigenvalue weighted by Crippen LogP contribution is 2.31. The van der Waals surface area contributed by atoms with Gasteiger partial charge in [-0.15, -0.1) is 0 Å². The van der Waals surface area contributed by atoms with Crippen LogP contribution in [0.4, 0.5) is 11.5 Å². The molecule has 1 unspecified atom stereocenters. The molecule has 0 amide bonds. The van der Waals surface area contributed by atoms with Gasteiger partial charge in [-0.3, -0.25) is 10.1 Å². The van der Waals surface area contributed by atoms with E-state index in [1.807, 2.05) is 6.92 Å². The van der Waals surface area contributed by atoms with Crippen LogP contribution in [0.15, 0.2) is 0 Å². The molecule has 1 aromatic heterocycles. The smallest absolute Gasteiger partial charge is 0.334 e. The largest absolute Gasteiger partial charge is 0.353 e. The summed E-state index contributed by atoms with van der Waals surface area (Å²) in [6.07, 6.45) is 1.38. The number of anilines is 1. The van der Waals surface area contributed by atoms with Gasteiger partial charge < -0.3 is 4.90 Å². The Kier molecular flexibility index (Phi) is 4.87. The van der Waals surface area contributed by atoms with Crippen molar-refractivity contribution in [2.45, 2.75) is 26.7 Å². The van der Waals surface area contributed by atoms with Crippen LogP contribution >= 0.6 is 0 Å². The highest BCUT2D eigenvalue weighted by molar-refractivity contribution is 5.61. The molecule has 1 heterocycles. The van der Waals surface area contributed by atoms with E-state index in [1.54, 1.807) is 25.9 Å². The van der Waals surface area contributed by atoms with Crippen molar-refractivity contribution in [1.82, 2.24) is 9.78 Å². The highest BCUT2D eigenvalue weighted by atomic mass is 16.6. The van der Waals surface area contributed by atoms with Gasteiger partial charge in [-0.2, -0.15) is 10.4 Å². The molecule has 0 radical (unpaired) electrons. The molecule has 0 aromatic carbocycles. The molecule has 1 rings (SSSR count). The molecule has 19 heavy (non-hydrogen) atoms. The Morgan fingerprint density at radius 3 is 2.74 bits per heavy atom. The third-order valence-corrected chi connectivity index (χ3v) is 2.86. The minimum Gasteiger partial charge on any atom is -0.353 e. The third kappa shape index (κ3) is 3.22. The fourth-order valence-electron chi connectivity index (χ4n) is 2.12. The summed E-state index contributed by atoms with van der Waals surface area (Å²) in [5.41, 5.74) is 0.554. The fraction of sp³-hybridized carbons (Fsp3) is 0.667. The Morgan fingerprint density at radius 1 is 1.63 bits per heavy atom. The van der Waals surface area contributed by atoms with Gasteiger partial charge >= 0.3 is 5.69 Å². The van der Waals surface area contributed by atoms with Crippen LogP contribution in [0.25, 0.3) is 0 Å². The van der Waals surface area contributed by atoms with Crippen molar-refractivity contribution in [3.63, 3.8) is 0 Å². The predicted octanol–water partition coefficient (Wildman–Crippen LogP) is 1.88. The van der Waals surface area contributed by atoms with E-state index in [0.29, 0.717) is 24.5 Å². The number of hydrogen-bond acceptors (Lipinski definition) is 5. The fourth-order valence-corrected chi connectivity index (χ4v) is 2.12. The van der Waals surface area contributed by atoms with Crippen molar-refractivity contribution in [2.75, 3.05) is 18.5 Å². The van der Waals surface area contributed by atoms with Crippen LogP contribution in [0.3, 0.4) is 0 Å². The first kappa shape index (κ1) is 15.0. The summed E-state index contributed by atoms with van der Waals surface area (Å²) in [6, 6.07) is 2.12. The standard InChI is InChI=1S/C12H19N5O2/c1-5-6-10-11(17(18)19)12(16(4)14-10)15(3)8-9(2)7-13/h9H,5-6,8H2,1-4H3. The summed E-state index contributed by atoms with van der Waals surface area (Å²) in [4.78, 5) is 12.6. The number of hydrogen-bond donors (Lipinski definition) is 0. The molecule has 0 spiro atoms. The van der Waals surface area contributed by atoms with E-state index in [-0.39, 0.29) is 16.5 Å². The minimum absolute atomic E-state index is 0.0528.